The molecule has 4 rings (SSSR count). The van der Waals surface area contributed by atoms with E-state index in [9.17, 15) is 4.39 Å². The molecular weight excluding hydrogens is 279 g/mol. The molecule has 4 nitrogen and oxygen atoms in total. The number of nitrogens with zero attached hydrogens (tertiary/aromatic N) is 2. The van der Waals surface area contributed by atoms with E-state index in [1.807, 2.05) is 18.2 Å². The summed E-state index contributed by atoms with van der Waals surface area (Å²) in [7, 11) is 0. The summed E-state index contributed by atoms with van der Waals surface area (Å²) in [4.78, 5) is 11.7. The second-order valence-corrected chi connectivity index (χ2v) is 5.10. The molecule has 4 aromatic rings. The SMILES string of the molecule is Fc1ccc2c(c1)[nH]c1ncnc(NCc3ccccc3)c12. The molecule has 0 unspecified atom stereocenters. The highest BCUT2D eigenvalue weighted by atomic mass is 19.1. The van der Waals surface area contributed by atoms with Crippen molar-refractivity contribution in [1.29, 1.82) is 0 Å². The maximum absolute atomic E-state index is 13.4. The second-order valence-electron chi connectivity index (χ2n) is 5.10. The Bertz CT molecular complexity index is 947. The van der Waals surface area contributed by atoms with Gasteiger partial charge in [0.25, 0.3) is 0 Å². The summed E-state index contributed by atoms with van der Waals surface area (Å²) < 4.78 is 13.4. The van der Waals surface area contributed by atoms with Crippen molar-refractivity contribution in [2.45, 2.75) is 6.54 Å². The molecule has 0 saturated heterocycles. The highest BCUT2D eigenvalue weighted by molar-refractivity contribution is 6.10. The largest absolute Gasteiger partial charge is 0.365 e. The number of anilines is 1. The smallest absolute Gasteiger partial charge is 0.143 e. The number of H-pyrrole nitrogens is 1. The van der Waals surface area contributed by atoms with E-state index in [1.54, 1.807) is 6.07 Å². The Labute approximate surface area is 126 Å². The van der Waals surface area contributed by atoms with Crippen LogP contribution in [0.1, 0.15) is 5.56 Å². The number of halogens is 1. The molecule has 0 atom stereocenters. The zero-order chi connectivity index (χ0) is 14.9. The summed E-state index contributed by atoms with van der Waals surface area (Å²) in [6, 6.07) is 14.8. The summed E-state index contributed by atoms with van der Waals surface area (Å²) in [5.41, 5.74) is 2.59. The summed E-state index contributed by atoms with van der Waals surface area (Å²) >= 11 is 0. The van der Waals surface area contributed by atoms with Crippen LogP contribution in [0.25, 0.3) is 21.9 Å². The average Bonchev–Trinajstić information content (AvgIpc) is 2.91. The third kappa shape index (κ3) is 2.16. The van der Waals surface area contributed by atoms with Gasteiger partial charge in [0.1, 0.15) is 23.6 Å². The molecule has 0 spiro atoms. The number of aromatic nitrogens is 3. The summed E-state index contributed by atoms with van der Waals surface area (Å²) in [5.74, 6) is 0.470. The molecule has 0 radical (unpaired) electrons. The van der Waals surface area contributed by atoms with Gasteiger partial charge in [0.15, 0.2) is 0 Å². The van der Waals surface area contributed by atoms with Crippen molar-refractivity contribution in [2.24, 2.45) is 0 Å². The monoisotopic (exact) mass is 292 g/mol. The number of benzene rings is 2. The van der Waals surface area contributed by atoms with E-state index < -0.39 is 0 Å². The minimum atomic E-state index is -0.272. The zero-order valence-corrected chi connectivity index (χ0v) is 11.7. The van der Waals surface area contributed by atoms with Crippen LogP contribution in [-0.4, -0.2) is 15.0 Å². The number of nitrogens with one attached hydrogen (secondary N) is 2. The van der Waals surface area contributed by atoms with E-state index >= 15 is 0 Å². The van der Waals surface area contributed by atoms with Crippen LogP contribution in [0.3, 0.4) is 0 Å². The van der Waals surface area contributed by atoms with E-state index in [1.165, 1.54) is 24.0 Å². The first-order valence-electron chi connectivity index (χ1n) is 7.01. The van der Waals surface area contributed by atoms with Gasteiger partial charge in [-0.2, -0.15) is 0 Å². The van der Waals surface area contributed by atoms with Crippen LogP contribution in [0, 0.1) is 5.82 Å². The molecule has 0 aliphatic carbocycles. The normalized spacial score (nSPS) is 11.1. The zero-order valence-electron chi connectivity index (χ0n) is 11.7. The van der Waals surface area contributed by atoms with Gasteiger partial charge in [-0.3, -0.25) is 0 Å². The lowest BCUT2D eigenvalue weighted by Gasteiger charge is -2.06. The minimum absolute atomic E-state index is 0.272. The standard InChI is InChI=1S/C17H13FN4/c18-12-6-7-13-14(8-12)22-17-15(13)16(20-10-21-17)19-9-11-4-2-1-3-5-11/h1-8,10H,9H2,(H2,19,20,21,22). The summed E-state index contributed by atoms with van der Waals surface area (Å²) in [6.45, 7) is 0.667. The first-order chi connectivity index (χ1) is 10.8. The maximum atomic E-state index is 13.4. The van der Waals surface area contributed by atoms with Crippen LogP contribution in [0.5, 0.6) is 0 Å². The van der Waals surface area contributed by atoms with E-state index in [0.717, 1.165) is 22.1 Å². The predicted molar refractivity (Wildman–Crippen MR) is 85.1 cm³/mol. The lowest BCUT2D eigenvalue weighted by Crippen LogP contribution is -2.01. The second kappa shape index (κ2) is 5.11. The van der Waals surface area contributed by atoms with Gasteiger partial charge in [0, 0.05) is 11.9 Å². The van der Waals surface area contributed by atoms with E-state index in [2.05, 4.69) is 32.4 Å². The molecule has 0 aliphatic rings. The van der Waals surface area contributed by atoms with Crippen LogP contribution in [0.2, 0.25) is 0 Å². The van der Waals surface area contributed by atoms with Crippen molar-refractivity contribution >= 4 is 27.8 Å². The first kappa shape index (κ1) is 12.8. The van der Waals surface area contributed by atoms with Crippen molar-refractivity contribution in [3.8, 4) is 0 Å². The van der Waals surface area contributed by atoms with Gasteiger partial charge in [-0.25, -0.2) is 14.4 Å². The van der Waals surface area contributed by atoms with Crippen molar-refractivity contribution in [1.82, 2.24) is 15.0 Å². The number of hydrogen-bond acceptors (Lipinski definition) is 3. The predicted octanol–water partition coefficient (Wildman–Crippen LogP) is 3.86. The van der Waals surface area contributed by atoms with Gasteiger partial charge in [-0.15, -0.1) is 0 Å². The van der Waals surface area contributed by atoms with Crippen molar-refractivity contribution in [3.05, 3.63) is 66.2 Å². The molecule has 0 aliphatic heterocycles. The Hall–Kier alpha value is -2.95. The summed E-state index contributed by atoms with van der Waals surface area (Å²) in [5, 5.41) is 5.12. The third-order valence-corrected chi connectivity index (χ3v) is 3.65. The van der Waals surface area contributed by atoms with E-state index in [4.69, 9.17) is 0 Å². The number of fused-ring (bicyclic) bond motifs is 3. The number of rotatable bonds is 3. The Kier molecular flexibility index (Phi) is 2.96. The van der Waals surface area contributed by atoms with Gasteiger partial charge in [0.2, 0.25) is 0 Å². The molecule has 22 heavy (non-hydrogen) atoms. The van der Waals surface area contributed by atoms with Gasteiger partial charge in [-0.05, 0) is 23.8 Å². The summed E-state index contributed by atoms with van der Waals surface area (Å²) in [6.07, 6.45) is 1.50. The van der Waals surface area contributed by atoms with Crippen LogP contribution >= 0.6 is 0 Å². The fraction of sp³-hybridized carbons (Fsp3) is 0.0588. The Balaban J connectivity index is 1.78. The third-order valence-electron chi connectivity index (χ3n) is 3.65. The maximum Gasteiger partial charge on any atom is 0.143 e. The molecule has 5 heteroatoms. The fourth-order valence-electron chi connectivity index (χ4n) is 2.62. The molecule has 0 amide bonds. The quantitative estimate of drug-likeness (QED) is 0.603. The molecule has 0 fully saturated rings. The Morgan fingerprint density at radius 3 is 2.77 bits per heavy atom. The first-order valence-corrected chi connectivity index (χ1v) is 7.01. The molecular formula is C17H13FN4. The van der Waals surface area contributed by atoms with Crippen molar-refractivity contribution in [3.63, 3.8) is 0 Å². The highest BCUT2D eigenvalue weighted by Crippen LogP contribution is 2.29. The highest BCUT2D eigenvalue weighted by Gasteiger charge is 2.11. The van der Waals surface area contributed by atoms with Gasteiger partial charge in [0.05, 0.1) is 10.9 Å². The molecule has 108 valence electrons. The van der Waals surface area contributed by atoms with Gasteiger partial charge in [-0.1, -0.05) is 30.3 Å². The molecule has 2 aromatic carbocycles. The van der Waals surface area contributed by atoms with Crippen LogP contribution in [0.4, 0.5) is 10.2 Å². The lowest BCUT2D eigenvalue weighted by atomic mass is 10.2. The van der Waals surface area contributed by atoms with Gasteiger partial charge < -0.3 is 10.3 Å². The number of hydrogen-bond donors (Lipinski definition) is 2. The Morgan fingerprint density at radius 1 is 1.05 bits per heavy atom. The van der Waals surface area contributed by atoms with Crippen LogP contribution in [0.15, 0.2) is 54.9 Å². The van der Waals surface area contributed by atoms with Crippen molar-refractivity contribution < 1.29 is 4.39 Å². The van der Waals surface area contributed by atoms with Gasteiger partial charge >= 0.3 is 0 Å². The lowest BCUT2D eigenvalue weighted by molar-refractivity contribution is 0.629. The average molecular weight is 292 g/mol. The number of aromatic amines is 1. The van der Waals surface area contributed by atoms with E-state index in [-0.39, 0.29) is 5.82 Å². The topological polar surface area (TPSA) is 53.6 Å². The molecule has 2 N–H and O–H groups in total. The minimum Gasteiger partial charge on any atom is -0.365 e. The molecule has 2 aromatic heterocycles. The van der Waals surface area contributed by atoms with Crippen LogP contribution < -0.4 is 5.32 Å². The fourth-order valence-corrected chi connectivity index (χ4v) is 2.62. The van der Waals surface area contributed by atoms with Crippen molar-refractivity contribution in [2.75, 3.05) is 5.32 Å². The molecule has 0 saturated carbocycles. The molecule has 0 bridgehead atoms. The molecule has 2 heterocycles. The Morgan fingerprint density at radius 2 is 1.91 bits per heavy atom. The van der Waals surface area contributed by atoms with E-state index in [0.29, 0.717) is 12.2 Å². The van der Waals surface area contributed by atoms with Crippen LogP contribution in [-0.2, 0) is 6.54 Å².